The molecule has 0 bridgehead atoms. The second kappa shape index (κ2) is 12.5. The van der Waals surface area contributed by atoms with Crippen molar-refractivity contribution in [2.45, 2.75) is 58.3 Å². The van der Waals surface area contributed by atoms with E-state index in [0.717, 1.165) is 44.0 Å². The van der Waals surface area contributed by atoms with Crippen molar-refractivity contribution in [2.24, 2.45) is 5.92 Å². The number of ether oxygens (including phenoxy) is 1. The van der Waals surface area contributed by atoms with Crippen molar-refractivity contribution < 1.29 is 9.53 Å². The third kappa shape index (κ3) is 7.74. The van der Waals surface area contributed by atoms with E-state index < -0.39 is 0 Å². The van der Waals surface area contributed by atoms with E-state index in [1.54, 1.807) is 0 Å². The molecular weight excluding hydrogens is 399 g/mol. The fourth-order valence-electron chi connectivity index (χ4n) is 3.87. The van der Waals surface area contributed by atoms with Gasteiger partial charge in [-0.1, -0.05) is 6.07 Å². The lowest BCUT2D eigenvalue weighted by Crippen LogP contribution is -2.45. The quantitative estimate of drug-likeness (QED) is 0.722. The summed E-state index contributed by atoms with van der Waals surface area (Å²) in [7, 11) is 0. The molecule has 28 heavy (non-hydrogen) atoms. The first-order valence-corrected chi connectivity index (χ1v) is 9.93. The maximum Gasteiger partial charge on any atom is 0.220 e. The van der Waals surface area contributed by atoms with Crippen LogP contribution >= 0.6 is 24.8 Å². The number of halogens is 2. The molecule has 6 nitrogen and oxygen atoms in total. The summed E-state index contributed by atoms with van der Waals surface area (Å²) in [6.45, 7) is 8.64. The van der Waals surface area contributed by atoms with E-state index in [1.807, 2.05) is 12.3 Å². The molecule has 2 N–H and O–H groups in total. The van der Waals surface area contributed by atoms with Crippen molar-refractivity contribution in [3.05, 3.63) is 23.9 Å². The molecule has 2 saturated heterocycles. The molecule has 0 aliphatic carbocycles. The first-order valence-electron chi connectivity index (χ1n) is 9.93. The predicted octanol–water partition coefficient (Wildman–Crippen LogP) is 2.93. The maximum absolute atomic E-state index is 12.1. The number of rotatable bonds is 6. The van der Waals surface area contributed by atoms with Gasteiger partial charge in [-0.3, -0.25) is 4.79 Å². The van der Waals surface area contributed by atoms with E-state index in [1.165, 1.54) is 12.8 Å². The van der Waals surface area contributed by atoms with Crippen LogP contribution in [0.25, 0.3) is 0 Å². The molecule has 0 radical (unpaired) electrons. The lowest BCUT2D eigenvalue weighted by molar-refractivity contribution is -0.121. The molecule has 1 aromatic rings. The highest BCUT2D eigenvalue weighted by molar-refractivity contribution is 5.85. The Hall–Kier alpha value is -1.08. The van der Waals surface area contributed by atoms with Gasteiger partial charge in [0.1, 0.15) is 5.82 Å². The average molecular weight is 433 g/mol. The molecule has 1 amide bonds. The Balaban J connectivity index is 0.00000196. The predicted molar refractivity (Wildman–Crippen MR) is 118 cm³/mol. The van der Waals surface area contributed by atoms with Crippen LogP contribution in [0.3, 0.4) is 0 Å². The monoisotopic (exact) mass is 432 g/mol. The summed E-state index contributed by atoms with van der Waals surface area (Å²) in [4.78, 5) is 18.9. The van der Waals surface area contributed by atoms with Crippen LogP contribution in [0.4, 0.5) is 5.82 Å². The van der Waals surface area contributed by atoms with Gasteiger partial charge in [0.05, 0.1) is 12.2 Å². The highest BCUT2D eigenvalue weighted by Gasteiger charge is 2.23. The molecule has 3 rings (SSSR count). The molecule has 2 unspecified atom stereocenters. The van der Waals surface area contributed by atoms with Crippen LogP contribution in [0, 0.1) is 5.92 Å². The number of aromatic nitrogens is 1. The molecule has 3 heterocycles. The summed E-state index contributed by atoms with van der Waals surface area (Å²) < 4.78 is 5.77. The molecule has 1 aromatic heterocycles. The summed E-state index contributed by atoms with van der Waals surface area (Å²) in [6, 6.07) is 4.10. The van der Waals surface area contributed by atoms with E-state index in [4.69, 9.17) is 4.74 Å². The van der Waals surface area contributed by atoms with Crippen LogP contribution in [0.1, 0.15) is 45.1 Å². The molecule has 2 fully saturated rings. The van der Waals surface area contributed by atoms with Gasteiger partial charge in [-0.15, -0.1) is 24.8 Å². The van der Waals surface area contributed by atoms with Gasteiger partial charge in [0.25, 0.3) is 0 Å². The Morgan fingerprint density at radius 2 is 1.89 bits per heavy atom. The summed E-state index contributed by atoms with van der Waals surface area (Å²) in [5, 5.41) is 6.39. The second-order valence-electron chi connectivity index (χ2n) is 7.70. The summed E-state index contributed by atoms with van der Waals surface area (Å²) >= 11 is 0. The fraction of sp³-hybridized carbons (Fsp3) is 0.700. The van der Waals surface area contributed by atoms with E-state index in [2.05, 4.69) is 40.4 Å². The van der Waals surface area contributed by atoms with Gasteiger partial charge in [0.15, 0.2) is 0 Å². The zero-order valence-corrected chi connectivity index (χ0v) is 18.5. The number of nitrogens with one attached hydrogen (secondary N) is 2. The minimum absolute atomic E-state index is 0. The van der Waals surface area contributed by atoms with Crippen molar-refractivity contribution in [2.75, 3.05) is 31.1 Å². The summed E-state index contributed by atoms with van der Waals surface area (Å²) in [5.74, 6) is 1.82. The molecule has 0 spiro atoms. The summed E-state index contributed by atoms with van der Waals surface area (Å²) in [6.07, 6.45) is 6.32. The zero-order chi connectivity index (χ0) is 18.4. The molecule has 2 aliphatic rings. The van der Waals surface area contributed by atoms with Crippen LogP contribution in [-0.2, 0) is 16.1 Å². The van der Waals surface area contributed by atoms with Crippen molar-refractivity contribution >= 4 is 36.5 Å². The van der Waals surface area contributed by atoms with E-state index >= 15 is 0 Å². The van der Waals surface area contributed by atoms with Gasteiger partial charge in [-0.05, 0) is 63.7 Å². The van der Waals surface area contributed by atoms with Gasteiger partial charge >= 0.3 is 0 Å². The lowest BCUT2D eigenvalue weighted by Gasteiger charge is -2.36. The Morgan fingerprint density at radius 1 is 1.21 bits per heavy atom. The Morgan fingerprint density at radius 3 is 2.50 bits per heavy atom. The number of amides is 1. The van der Waals surface area contributed by atoms with E-state index in [-0.39, 0.29) is 42.9 Å². The molecule has 0 aromatic carbocycles. The van der Waals surface area contributed by atoms with Crippen LogP contribution in [0.15, 0.2) is 18.3 Å². The number of morpholine rings is 1. The van der Waals surface area contributed by atoms with Crippen LogP contribution in [0.2, 0.25) is 0 Å². The van der Waals surface area contributed by atoms with Crippen LogP contribution < -0.4 is 15.5 Å². The molecule has 2 aliphatic heterocycles. The Labute approximate surface area is 181 Å². The largest absolute Gasteiger partial charge is 0.372 e. The Kier molecular flexibility index (Phi) is 11.1. The number of hydrogen-bond donors (Lipinski definition) is 2. The summed E-state index contributed by atoms with van der Waals surface area (Å²) in [5.41, 5.74) is 1.04. The fourth-order valence-corrected chi connectivity index (χ4v) is 3.87. The molecule has 8 heteroatoms. The van der Waals surface area contributed by atoms with Crippen molar-refractivity contribution in [3.63, 3.8) is 0 Å². The SMILES string of the molecule is CC1CN(c2ccc(CNC(=O)CCC3CCNCC3)cn2)CC(C)O1.Cl.Cl. The lowest BCUT2D eigenvalue weighted by atomic mass is 9.93. The second-order valence-corrected chi connectivity index (χ2v) is 7.70. The van der Waals surface area contributed by atoms with Gasteiger partial charge in [0.2, 0.25) is 5.91 Å². The minimum atomic E-state index is 0. The van der Waals surface area contributed by atoms with Crippen LogP contribution in [-0.4, -0.2) is 49.3 Å². The highest BCUT2D eigenvalue weighted by Crippen LogP contribution is 2.19. The number of carbonyl (C=O) groups is 1. The number of nitrogens with zero attached hydrogens (tertiary/aromatic N) is 2. The first kappa shape index (κ1) is 25.0. The van der Waals surface area contributed by atoms with Gasteiger partial charge in [-0.2, -0.15) is 0 Å². The van der Waals surface area contributed by atoms with Gasteiger partial charge in [-0.25, -0.2) is 4.98 Å². The van der Waals surface area contributed by atoms with Crippen LogP contribution in [0.5, 0.6) is 0 Å². The molecule has 2 atom stereocenters. The normalized spacial score (nSPS) is 22.7. The first-order chi connectivity index (χ1) is 12.6. The molecule has 0 saturated carbocycles. The minimum Gasteiger partial charge on any atom is -0.372 e. The maximum atomic E-state index is 12.1. The smallest absolute Gasteiger partial charge is 0.220 e. The van der Waals surface area contributed by atoms with Crippen molar-refractivity contribution in [1.29, 1.82) is 0 Å². The zero-order valence-electron chi connectivity index (χ0n) is 16.9. The standard InChI is InChI=1S/C20H32N4O2.2ClH/c1-15-13-24(14-16(2)26-15)19-5-3-18(11-22-19)12-23-20(25)6-4-17-7-9-21-10-8-17;;/h3,5,11,15-17,21H,4,6-10,12-14H2,1-2H3,(H,23,25);2*1H. The third-order valence-electron chi connectivity index (χ3n) is 5.28. The van der Waals surface area contributed by atoms with Gasteiger partial charge < -0.3 is 20.3 Å². The number of pyridine rings is 1. The highest BCUT2D eigenvalue weighted by atomic mass is 35.5. The average Bonchev–Trinajstić information content (AvgIpc) is 2.65. The molecule has 160 valence electrons. The van der Waals surface area contributed by atoms with E-state index in [9.17, 15) is 4.79 Å². The van der Waals surface area contributed by atoms with Gasteiger partial charge in [0, 0.05) is 32.3 Å². The third-order valence-corrected chi connectivity index (χ3v) is 5.28. The Bertz CT molecular complexity index is 572. The number of carbonyl (C=O) groups excluding carboxylic acids is 1. The van der Waals surface area contributed by atoms with Crippen molar-refractivity contribution in [1.82, 2.24) is 15.6 Å². The van der Waals surface area contributed by atoms with E-state index in [0.29, 0.717) is 18.9 Å². The number of hydrogen-bond acceptors (Lipinski definition) is 5. The van der Waals surface area contributed by atoms with Crippen molar-refractivity contribution in [3.8, 4) is 0 Å². The number of piperidine rings is 1. The molecular formula is C20H34Cl2N4O2. The number of anilines is 1. The topological polar surface area (TPSA) is 66.5 Å².